The van der Waals surface area contributed by atoms with Gasteiger partial charge in [0.1, 0.15) is 0 Å². The Balaban J connectivity index is 1.64. The maximum atomic E-state index is 5.96. The minimum Gasteiger partial charge on any atom is -0.334 e. The molecule has 4 rings (SSSR count). The number of hydrogen-bond acceptors (Lipinski definition) is 6. The Kier molecular flexibility index (Phi) is 4.29. The molecule has 1 aliphatic heterocycles. The predicted molar refractivity (Wildman–Crippen MR) is 94.8 cm³/mol. The summed E-state index contributed by atoms with van der Waals surface area (Å²) in [6, 6.07) is 7.66. The average molecular weight is 359 g/mol. The molecule has 3 aromatic rings. The summed E-state index contributed by atoms with van der Waals surface area (Å²) in [4.78, 5) is 6.83. The van der Waals surface area contributed by atoms with E-state index in [0.29, 0.717) is 16.7 Å². The average Bonchev–Trinajstić information content (AvgIpc) is 3.23. The van der Waals surface area contributed by atoms with Gasteiger partial charge in [-0.1, -0.05) is 16.8 Å². The fraction of sp³-hybridized carbons (Fsp3) is 0.353. The normalized spacial score (nSPS) is 18.6. The molecule has 1 fully saturated rings. The molecule has 0 bridgehead atoms. The predicted octanol–water partition coefficient (Wildman–Crippen LogP) is 2.46. The highest BCUT2D eigenvalue weighted by Gasteiger charge is 2.26. The number of benzene rings is 1. The Morgan fingerprint density at radius 1 is 1.28 bits per heavy atom. The lowest BCUT2D eigenvalue weighted by Crippen LogP contribution is -2.44. The minimum atomic E-state index is 0.123. The van der Waals surface area contributed by atoms with Gasteiger partial charge in [-0.15, -0.1) is 0 Å². The summed E-state index contributed by atoms with van der Waals surface area (Å²) in [5.74, 6) is 1.19. The lowest BCUT2D eigenvalue weighted by molar-refractivity contribution is 0.190. The zero-order chi connectivity index (χ0) is 17.4. The van der Waals surface area contributed by atoms with E-state index in [1.54, 1.807) is 6.20 Å². The summed E-state index contributed by atoms with van der Waals surface area (Å²) < 4.78 is 7.35. The first-order valence-corrected chi connectivity index (χ1v) is 8.57. The summed E-state index contributed by atoms with van der Waals surface area (Å²) in [6.45, 7) is 4.74. The highest BCUT2D eigenvalue weighted by atomic mass is 35.5. The molecular weight excluding hydrogens is 340 g/mol. The van der Waals surface area contributed by atoms with Crippen LogP contribution in [0.25, 0.3) is 17.1 Å². The molecule has 0 saturated carbocycles. The SMILES string of the molecule is Cc1c(-c2nc(C3CNCCN3C)no2)cnn1-c1ccc(Cl)cc1. The Bertz CT molecular complexity index is 872. The van der Waals surface area contributed by atoms with Gasteiger partial charge in [-0.05, 0) is 38.2 Å². The van der Waals surface area contributed by atoms with Crippen LogP contribution in [0.1, 0.15) is 17.6 Å². The zero-order valence-corrected chi connectivity index (χ0v) is 14.9. The third-order valence-corrected chi connectivity index (χ3v) is 4.81. The van der Waals surface area contributed by atoms with Gasteiger partial charge >= 0.3 is 0 Å². The van der Waals surface area contributed by atoms with Crippen LogP contribution in [0.5, 0.6) is 0 Å². The van der Waals surface area contributed by atoms with Gasteiger partial charge in [0.25, 0.3) is 5.89 Å². The first kappa shape index (κ1) is 16.3. The summed E-state index contributed by atoms with van der Waals surface area (Å²) in [7, 11) is 2.07. The van der Waals surface area contributed by atoms with E-state index in [4.69, 9.17) is 16.1 Å². The van der Waals surface area contributed by atoms with E-state index < -0.39 is 0 Å². The van der Waals surface area contributed by atoms with Gasteiger partial charge in [-0.3, -0.25) is 4.90 Å². The number of halogens is 1. The molecular formula is C17H19ClN6O. The van der Waals surface area contributed by atoms with Crippen molar-refractivity contribution in [1.29, 1.82) is 0 Å². The summed E-state index contributed by atoms with van der Waals surface area (Å²) >= 11 is 5.96. The maximum absolute atomic E-state index is 5.96. The number of likely N-dealkylation sites (N-methyl/N-ethyl adjacent to an activating group) is 1. The van der Waals surface area contributed by atoms with Crippen molar-refractivity contribution in [3.63, 3.8) is 0 Å². The zero-order valence-electron chi connectivity index (χ0n) is 14.1. The van der Waals surface area contributed by atoms with E-state index in [1.165, 1.54) is 0 Å². The number of rotatable bonds is 3. The first-order valence-electron chi connectivity index (χ1n) is 8.19. The van der Waals surface area contributed by atoms with E-state index in [2.05, 4.69) is 32.5 Å². The van der Waals surface area contributed by atoms with E-state index in [0.717, 1.165) is 36.6 Å². The van der Waals surface area contributed by atoms with Gasteiger partial charge in [-0.25, -0.2) is 4.68 Å². The van der Waals surface area contributed by atoms with Crippen LogP contribution < -0.4 is 5.32 Å². The fourth-order valence-corrected chi connectivity index (χ4v) is 3.16. The number of aromatic nitrogens is 4. The third kappa shape index (κ3) is 3.06. The quantitative estimate of drug-likeness (QED) is 0.775. The number of nitrogens with one attached hydrogen (secondary N) is 1. The molecule has 1 aromatic carbocycles. The van der Waals surface area contributed by atoms with Crippen LogP contribution in [0.2, 0.25) is 5.02 Å². The van der Waals surface area contributed by atoms with E-state index in [1.807, 2.05) is 35.9 Å². The fourth-order valence-electron chi connectivity index (χ4n) is 3.04. The largest absolute Gasteiger partial charge is 0.334 e. The molecule has 0 radical (unpaired) electrons. The van der Waals surface area contributed by atoms with Crippen molar-refractivity contribution in [2.45, 2.75) is 13.0 Å². The van der Waals surface area contributed by atoms with Crippen LogP contribution in [0.4, 0.5) is 0 Å². The number of hydrogen-bond donors (Lipinski definition) is 1. The molecule has 1 unspecified atom stereocenters. The van der Waals surface area contributed by atoms with Crippen molar-refractivity contribution in [2.75, 3.05) is 26.7 Å². The standard InChI is InChI=1S/C17H19ClN6O/c1-11-14(9-20-24(11)13-5-3-12(18)4-6-13)17-21-16(22-25-17)15-10-19-7-8-23(15)2/h3-6,9,15,19H,7-8,10H2,1-2H3. The molecule has 1 N–H and O–H groups in total. The molecule has 8 heteroatoms. The molecule has 1 atom stereocenters. The Hall–Kier alpha value is -2.22. The molecule has 25 heavy (non-hydrogen) atoms. The summed E-state index contributed by atoms with van der Waals surface area (Å²) in [6.07, 6.45) is 1.75. The number of nitrogens with zero attached hydrogens (tertiary/aromatic N) is 5. The van der Waals surface area contributed by atoms with Crippen LogP contribution in [0.3, 0.4) is 0 Å². The van der Waals surface area contributed by atoms with Gasteiger partial charge in [-0.2, -0.15) is 10.1 Å². The van der Waals surface area contributed by atoms with E-state index >= 15 is 0 Å². The van der Waals surface area contributed by atoms with E-state index in [9.17, 15) is 0 Å². The molecule has 130 valence electrons. The summed E-state index contributed by atoms with van der Waals surface area (Å²) in [5, 5.41) is 12.7. The Morgan fingerprint density at radius 2 is 2.08 bits per heavy atom. The summed E-state index contributed by atoms with van der Waals surface area (Å²) in [5.41, 5.74) is 2.71. The highest BCUT2D eigenvalue weighted by Crippen LogP contribution is 2.26. The van der Waals surface area contributed by atoms with Crippen LogP contribution >= 0.6 is 11.6 Å². The van der Waals surface area contributed by atoms with Crippen LogP contribution in [0.15, 0.2) is 35.0 Å². The minimum absolute atomic E-state index is 0.123. The van der Waals surface area contributed by atoms with Gasteiger partial charge in [0, 0.05) is 24.7 Å². The van der Waals surface area contributed by atoms with Gasteiger partial charge in [0.05, 0.1) is 29.2 Å². The maximum Gasteiger partial charge on any atom is 0.261 e. The lowest BCUT2D eigenvalue weighted by Gasteiger charge is -2.30. The first-order chi connectivity index (χ1) is 12.1. The molecule has 0 spiro atoms. The topological polar surface area (TPSA) is 72.0 Å². The van der Waals surface area contributed by atoms with Crippen LogP contribution in [-0.4, -0.2) is 51.5 Å². The molecule has 3 heterocycles. The molecule has 1 saturated heterocycles. The van der Waals surface area contributed by atoms with Gasteiger partial charge < -0.3 is 9.84 Å². The third-order valence-electron chi connectivity index (χ3n) is 4.56. The Morgan fingerprint density at radius 3 is 2.84 bits per heavy atom. The molecule has 2 aromatic heterocycles. The van der Waals surface area contributed by atoms with Gasteiger partial charge in [0.2, 0.25) is 0 Å². The van der Waals surface area contributed by atoms with Gasteiger partial charge in [0.15, 0.2) is 5.82 Å². The van der Waals surface area contributed by atoms with E-state index in [-0.39, 0.29) is 6.04 Å². The molecule has 7 nitrogen and oxygen atoms in total. The second-order valence-electron chi connectivity index (χ2n) is 6.19. The molecule has 0 amide bonds. The number of piperazine rings is 1. The Labute approximate surface area is 150 Å². The van der Waals surface area contributed by atoms with Crippen molar-refractivity contribution in [3.8, 4) is 17.1 Å². The van der Waals surface area contributed by atoms with Crippen molar-refractivity contribution in [1.82, 2.24) is 30.1 Å². The second-order valence-corrected chi connectivity index (χ2v) is 6.63. The lowest BCUT2D eigenvalue weighted by atomic mass is 10.2. The van der Waals surface area contributed by atoms with Crippen LogP contribution in [0, 0.1) is 6.92 Å². The molecule has 1 aliphatic rings. The monoisotopic (exact) mass is 358 g/mol. The second kappa shape index (κ2) is 6.59. The van der Waals surface area contributed by atoms with Crippen LogP contribution in [-0.2, 0) is 0 Å². The molecule has 0 aliphatic carbocycles. The smallest absolute Gasteiger partial charge is 0.261 e. The highest BCUT2D eigenvalue weighted by molar-refractivity contribution is 6.30. The van der Waals surface area contributed by atoms with Crippen molar-refractivity contribution in [3.05, 3.63) is 47.0 Å². The van der Waals surface area contributed by atoms with Crippen molar-refractivity contribution < 1.29 is 4.52 Å². The van der Waals surface area contributed by atoms with Crippen molar-refractivity contribution in [2.24, 2.45) is 0 Å². The van der Waals surface area contributed by atoms with Crippen molar-refractivity contribution >= 4 is 11.6 Å².